The maximum absolute atomic E-state index is 11.9. The minimum atomic E-state index is 0.130. The van der Waals surface area contributed by atoms with Crippen molar-refractivity contribution in [1.29, 1.82) is 0 Å². The Hall–Kier alpha value is -2.37. The molecule has 0 unspecified atom stereocenters. The molecule has 102 valence electrons. The first-order chi connectivity index (χ1) is 9.78. The van der Waals surface area contributed by atoms with Crippen LogP contribution in [0.25, 0.3) is 11.5 Å². The van der Waals surface area contributed by atoms with Crippen LogP contribution in [-0.2, 0) is 6.42 Å². The van der Waals surface area contributed by atoms with Crippen LogP contribution in [0, 0.1) is 0 Å². The summed E-state index contributed by atoms with van der Waals surface area (Å²) in [6.45, 7) is 0. The Bertz CT molecular complexity index is 640. The molecule has 0 saturated carbocycles. The third kappa shape index (κ3) is 2.36. The van der Waals surface area contributed by atoms with Gasteiger partial charge in [0.2, 0.25) is 5.88 Å². The van der Waals surface area contributed by atoms with Gasteiger partial charge in [-0.2, -0.15) is 0 Å². The average Bonchev–Trinajstić information content (AvgIpc) is 2.69. The van der Waals surface area contributed by atoms with Gasteiger partial charge in [0.15, 0.2) is 11.6 Å². The summed E-state index contributed by atoms with van der Waals surface area (Å²) in [5.74, 6) is 1.07. The van der Waals surface area contributed by atoms with Gasteiger partial charge in [0.1, 0.15) is 5.69 Å². The summed E-state index contributed by atoms with van der Waals surface area (Å²) in [4.78, 5) is 20.6. The molecule has 6 nitrogen and oxygen atoms in total. The highest BCUT2D eigenvalue weighted by Gasteiger charge is 2.18. The van der Waals surface area contributed by atoms with Gasteiger partial charge in [-0.3, -0.25) is 4.79 Å². The van der Waals surface area contributed by atoms with Crippen LogP contribution in [0.2, 0.25) is 0 Å². The van der Waals surface area contributed by atoms with Gasteiger partial charge in [-0.05, 0) is 25.3 Å². The number of hydrogen-bond acceptors (Lipinski definition) is 6. The number of aryl methyl sites for hydroxylation is 1. The first-order valence-electron chi connectivity index (χ1n) is 6.55. The van der Waals surface area contributed by atoms with E-state index in [9.17, 15) is 4.79 Å². The molecule has 0 bridgehead atoms. The van der Waals surface area contributed by atoms with E-state index < -0.39 is 0 Å². The number of aromatic nitrogens is 4. The van der Waals surface area contributed by atoms with Crippen LogP contribution in [0.4, 0.5) is 0 Å². The van der Waals surface area contributed by atoms with E-state index in [-0.39, 0.29) is 5.78 Å². The Morgan fingerprint density at radius 3 is 2.75 bits per heavy atom. The molecule has 0 N–H and O–H groups in total. The van der Waals surface area contributed by atoms with E-state index in [0.29, 0.717) is 29.4 Å². The Labute approximate surface area is 116 Å². The molecule has 0 amide bonds. The molecule has 2 aromatic heterocycles. The maximum Gasteiger partial charge on any atom is 0.233 e. The van der Waals surface area contributed by atoms with Gasteiger partial charge in [0.25, 0.3) is 0 Å². The number of nitrogens with zero attached hydrogens (tertiary/aromatic N) is 4. The first-order valence-corrected chi connectivity index (χ1v) is 6.55. The highest BCUT2D eigenvalue weighted by Crippen LogP contribution is 2.21. The predicted octanol–water partition coefficient (Wildman–Crippen LogP) is 1.85. The van der Waals surface area contributed by atoms with Crippen molar-refractivity contribution in [1.82, 2.24) is 20.2 Å². The summed E-state index contributed by atoms with van der Waals surface area (Å²) in [7, 11) is 1.54. The van der Waals surface area contributed by atoms with Crippen molar-refractivity contribution in [3.8, 4) is 17.4 Å². The summed E-state index contributed by atoms with van der Waals surface area (Å²) in [5, 5.41) is 7.93. The average molecular weight is 270 g/mol. The molecule has 1 aliphatic rings. The van der Waals surface area contributed by atoms with Crippen LogP contribution in [-0.4, -0.2) is 33.1 Å². The van der Waals surface area contributed by atoms with Crippen molar-refractivity contribution in [2.24, 2.45) is 0 Å². The Morgan fingerprint density at radius 2 is 2.00 bits per heavy atom. The highest BCUT2D eigenvalue weighted by atomic mass is 16.5. The second-order valence-corrected chi connectivity index (χ2v) is 4.65. The highest BCUT2D eigenvalue weighted by molar-refractivity contribution is 5.97. The minimum absolute atomic E-state index is 0.130. The second kappa shape index (κ2) is 5.32. The molecule has 0 saturated heterocycles. The lowest BCUT2D eigenvalue weighted by molar-refractivity contribution is 0.0981. The second-order valence-electron chi connectivity index (χ2n) is 4.65. The standard InChI is InChI=1S/C14H14N4O2/c1-20-13-7-6-11(17-18-13)14-15-8-9-10(16-14)4-2-3-5-12(9)19/h6-8H,2-5H2,1H3. The lowest BCUT2D eigenvalue weighted by Crippen LogP contribution is -2.06. The number of methoxy groups -OCH3 is 1. The normalized spacial score (nSPS) is 14.6. The van der Waals surface area contributed by atoms with Gasteiger partial charge in [-0.25, -0.2) is 9.97 Å². The monoisotopic (exact) mass is 270 g/mol. The van der Waals surface area contributed by atoms with Gasteiger partial charge in [-0.15, -0.1) is 10.2 Å². The molecule has 0 aliphatic heterocycles. The summed E-state index contributed by atoms with van der Waals surface area (Å²) < 4.78 is 4.97. The fourth-order valence-electron chi connectivity index (χ4n) is 2.22. The van der Waals surface area contributed by atoms with E-state index in [2.05, 4.69) is 20.2 Å². The van der Waals surface area contributed by atoms with E-state index in [1.165, 1.54) is 7.11 Å². The molecule has 2 aromatic rings. The minimum Gasteiger partial charge on any atom is -0.480 e. The Morgan fingerprint density at radius 1 is 1.15 bits per heavy atom. The summed E-state index contributed by atoms with van der Waals surface area (Å²) in [5.41, 5.74) is 2.04. The topological polar surface area (TPSA) is 77.9 Å². The molecule has 0 aromatic carbocycles. The maximum atomic E-state index is 11.9. The molecule has 20 heavy (non-hydrogen) atoms. The zero-order chi connectivity index (χ0) is 13.9. The van der Waals surface area contributed by atoms with E-state index >= 15 is 0 Å². The van der Waals surface area contributed by atoms with Gasteiger partial charge in [0.05, 0.1) is 18.4 Å². The Balaban J connectivity index is 1.98. The molecule has 0 fully saturated rings. The molecule has 3 rings (SSSR count). The molecule has 2 heterocycles. The SMILES string of the molecule is COc1ccc(-c2ncc3c(n2)CCCCC3=O)nn1. The third-order valence-electron chi connectivity index (χ3n) is 3.31. The summed E-state index contributed by atoms with van der Waals surface area (Å²) in [6.07, 6.45) is 4.88. The van der Waals surface area contributed by atoms with E-state index in [4.69, 9.17) is 4.74 Å². The van der Waals surface area contributed by atoms with Gasteiger partial charge in [0, 0.05) is 18.7 Å². The Kier molecular flexibility index (Phi) is 3.37. The quantitative estimate of drug-likeness (QED) is 0.775. The number of fused-ring (bicyclic) bond motifs is 1. The van der Waals surface area contributed by atoms with Gasteiger partial charge in [-0.1, -0.05) is 0 Å². The van der Waals surface area contributed by atoms with Gasteiger partial charge < -0.3 is 4.74 Å². The fraction of sp³-hybridized carbons (Fsp3) is 0.357. The third-order valence-corrected chi connectivity index (χ3v) is 3.31. The number of Topliss-reactive ketones (excluding diaryl/α,β-unsaturated/α-hetero) is 1. The van der Waals surface area contributed by atoms with Crippen molar-refractivity contribution in [3.05, 3.63) is 29.6 Å². The number of hydrogen-bond donors (Lipinski definition) is 0. The summed E-state index contributed by atoms with van der Waals surface area (Å²) >= 11 is 0. The molecular formula is C14H14N4O2. The number of rotatable bonds is 2. The number of ketones is 1. The molecule has 0 atom stereocenters. The zero-order valence-corrected chi connectivity index (χ0v) is 11.2. The lowest BCUT2D eigenvalue weighted by Gasteiger charge is -2.05. The predicted molar refractivity (Wildman–Crippen MR) is 71.5 cm³/mol. The van der Waals surface area contributed by atoms with E-state index in [1.54, 1.807) is 18.3 Å². The number of ether oxygens (including phenoxy) is 1. The van der Waals surface area contributed by atoms with Crippen LogP contribution in [0.15, 0.2) is 18.3 Å². The first kappa shape index (κ1) is 12.7. The van der Waals surface area contributed by atoms with Gasteiger partial charge >= 0.3 is 0 Å². The lowest BCUT2D eigenvalue weighted by atomic mass is 10.1. The fourth-order valence-corrected chi connectivity index (χ4v) is 2.22. The molecule has 6 heteroatoms. The number of carbonyl (C=O) groups excluding carboxylic acids is 1. The largest absolute Gasteiger partial charge is 0.480 e. The molecule has 1 aliphatic carbocycles. The molecule has 0 radical (unpaired) electrons. The van der Waals surface area contributed by atoms with Crippen LogP contribution >= 0.6 is 0 Å². The van der Waals surface area contributed by atoms with Crippen molar-refractivity contribution in [2.45, 2.75) is 25.7 Å². The number of carbonyl (C=O) groups is 1. The van der Waals surface area contributed by atoms with E-state index in [1.807, 2.05) is 0 Å². The van der Waals surface area contributed by atoms with Crippen molar-refractivity contribution in [2.75, 3.05) is 7.11 Å². The van der Waals surface area contributed by atoms with Crippen molar-refractivity contribution in [3.63, 3.8) is 0 Å². The van der Waals surface area contributed by atoms with Crippen molar-refractivity contribution < 1.29 is 9.53 Å². The van der Waals surface area contributed by atoms with Crippen LogP contribution in [0.3, 0.4) is 0 Å². The summed E-state index contributed by atoms with van der Waals surface area (Å²) in [6, 6.07) is 3.47. The van der Waals surface area contributed by atoms with E-state index in [0.717, 1.165) is 25.0 Å². The van der Waals surface area contributed by atoms with Crippen molar-refractivity contribution >= 4 is 5.78 Å². The van der Waals surface area contributed by atoms with Crippen LogP contribution in [0.5, 0.6) is 5.88 Å². The zero-order valence-electron chi connectivity index (χ0n) is 11.2. The molecule has 0 spiro atoms. The van der Waals surface area contributed by atoms with Crippen LogP contribution in [0.1, 0.15) is 35.3 Å². The molecular weight excluding hydrogens is 256 g/mol. The van der Waals surface area contributed by atoms with Crippen LogP contribution < -0.4 is 4.74 Å². The smallest absolute Gasteiger partial charge is 0.233 e.